The van der Waals surface area contributed by atoms with E-state index in [4.69, 9.17) is 21.1 Å². The number of aliphatic hydroxyl groups excluding tert-OH is 1. The number of hydrogen-bond acceptors (Lipinski definition) is 6. The number of esters is 1. The third-order valence-corrected chi connectivity index (χ3v) is 6.20. The summed E-state index contributed by atoms with van der Waals surface area (Å²) < 4.78 is 10.7. The number of carbonyl (C=O) groups is 3. The van der Waals surface area contributed by atoms with Gasteiger partial charge in [-0.05, 0) is 79.9 Å². The summed E-state index contributed by atoms with van der Waals surface area (Å²) in [6, 6.07) is 15.8. The second-order valence-electron chi connectivity index (χ2n) is 8.76. The first-order valence-electron chi connectivity index (χ1n) is 11.7. The van der Waals surface area contributed by atoms with Crippen LogP contribution < -0.4 is 14.4 Å². The van der Waals surface area contributed by atoms with Gasteiger partial charge in [0.2, 0.25) is 0 Å². The molecule has 0 saturated carbocycles. The molecule has 0 aliphatic carbocycles. The Morgan fingerprint density at radius 1 is 1.00 bits per heavy atom. The summed E-state index contributed by atoms with van der Waals surface area (Å²) >= 11 is 6.21. The molecule has 1 fully saturated rings. The van der Waals surface area contributed by atoms with Gasteiger partial charge in [0.15, 0.2) is 0 Å². The highest BCUT2D eigenvalue weighted by Crippen LogP contribution is 2.43. The molecule has 8 heteroatoms. The number of aryl methyl sites for hydroxylation is 2. The largest absolute Gasteiger partial charge is 0.507 e. The second-order valence-corrected chi connectivity index (χ2v) is 9.16. The van der Waals surface area contributed by atoms with Crippen LogP contribution in [0, 0.1) is 13.8 Å². The van der Waals surface area contributed by atoms with E-state index in [1.54, 1.807) is 43.3 Å². The molecule has 37 heavy (non-hydrogen) atoms. The zero-order chi connectivity index (χ0) is 26.9. The van der Waals surface area contributed by atoms with Crippen LogP contribution in [-0.2, 0) is 14.4 Å². The maximum absolute atomic E-state index is 13.4. The van der Waals surface area contributed by atoms with E-state index in [1.807, 2.05) is 32.0 Å². The highest BCUT2D eigenvalue weighted by atomic mass is 35.5. The quantitative estimate of drug-likeness (QED) is 0.143. The number of nitrogens with zero attached hydrogens (tertiary/aromatic N) is 1. The number of halogens is 1. The van der Waals surface area contributed by atoms with E-state index in [2.05, 4.69) is 0 Å². The molecule has 1 saturated heterocycles. The summed E-state index contributed by atoms with van der Waals surface area (Å²) in [5.41, 5.74) is 3.12. The molecular weight excluding hydrogens is 494 g/mol. The Bertz CT molecular complexity index is 1410. The summed E-state index contributed by atoms with van der Waals surface area (Å²) in [5.74, 6) is -1.74. The third kappa shape index (κ3) is 5.22. The van der Waals surface area contributed by atoms with E-state index < -0.39 is 23.7 Å². The number of aliphatic hydroxyl groups is 1. The molecule has 7 nitrogen and oxygen atoms in total. The lowest BCUT2D eigenvalue weighted by Gasteiger charge is -2.26. The summed E-state index contributed by atoms with van der Waals surface area (Å²) in [6.45, 7) is 7.26. The number of amides is 1. The van der Waals surface area contributed by atoms with Crippen LogP contribution in [0.3, 0.4) is 0 Å². The van der Waals surface area contributed by atoms with Crippen LogP contribution in [0.15, 0.2) is 66.2 Å². The molecule has 1 aliphatic rings. The Balaban J connectivity index is 1.92. The van der Waals surface area contributed by atoms with Gasteiger partial charge in [-0.25, -0.2) is 0 Å². The van der Waals surface area contributed by atoms with Crippen LogP contribution in [0.5, 0.6) is 11.5 Å². The summed E-state index contributed by atoms with van der Waals surface area (Å²) in [7, 11) is 0. The van der Waals surface area contributed by atoms with Crippen molar-refractivity contribution in [2.24, 2.45) is 0 Å². The molecule has 190 valence electrons. The zero-order valence-corrected chi connectivity index (χ0v) is 21.6. The van der Waals surface area contributed by atoms with Crippen LogP contribution in [0.4, 0.5) is 5.69 Å². The first kappa shape index (κ1) is 26.0. The number of benzene rings is 3. The fourth-order valence-electron chi connectivity index (χ4n) is 4.46. The molecule has 0 bridgehead atoms. The third-order valence-electron chi connectivity index (χ3n) is 5.89. The van der Waals surface area contributed by atoms with Crippen molar-refractivity contribution in [1.29, 1.82) is 0 Å². The van der Waals surface area contributed by atoms with Crippen molar-refractivity contribution in [2.75, 3.05) is 11.5 Å². The minimum atomic E-state index is -0.932. The predicted molar refractivity (Wildman–Crippen MR) is 141 cm³/mol. The monoisotopic (exact) mass is 519 g/mol. The van der Waals surface area contributed by atoms with Gasteiger partial charge in [-0.15, -0.1) is 0 Å². The van der Waals surface area contributed by atoms with Crippen LogP contribution in [0.1, 0.15) is 42.1 Å². The average molecular weight is 520 g/mol. The molecule has 0 aromatic heterocycles. The fourth-order valence-corrected chi connectivity index (χ4v) is 4.63. The highest BCUT2D eigenvalue weighted by Gasteiger charge is 2.47. The topological polar surface area (TPSA) is 93.1 Å². The molecule has 1 unspecified atom stereocenters. The highest BCUT2D eigenvalue weighted by molar-refractivity contribution is 6.51. The Labute approximate surface area is 219 Å². The van der Waals surface area contributed by atoms with Crippen molar-refractivity contribution in [3.63, 3.8) is 0 Å². The summed E-state index contributed by atoms with van der Waals surface area (Å²) in [6.07, 6.45) is 0. The van der Waals surface area contributed by atoms with Crippen LogP contribution in [0.2, 0.25) is 5.02 Å². The van der Waals surface area contributed by atoms with Gasteiger partial charge < -0.3 is 14.6 Å². The lowest BCUT2D eigenvalue weighted by Crippen LogP contribution is -2.29. The van der Waals surface area contributed by atoms with E-state index in [0.29, 0.717) is 34.4 Å². The molecular formula is C29H26ClNO6. The smallest absolute Gasteiger partial charge is 0.308 e. The van der Waals surface area contributed by atoms with Crippen molar-refractivity contribution < 1.29 is 29.0 Å². The van der Waals surface area contributed by atoms with Crippen molar-refractivity contribution in [3.05, 3.63) is 93.5 Å². The van der Waals surface area contributed by atoms with Crippen molar-refractivity contribution in [1.82, 2.24) is 0 Å². The van der Waals surface area contributed by atoms with Gasteiger partial charge in [0.25, 0.3) is 11.7 Å². The van der Waals surface area contributed by atoms with Crippen LogP contribution >= 0.6 is 11.6 Å². The number of ether oxygens (including phenoxy) is 2. The number of Topliss-reactive ketones (excluding diaryl/α,β-unsaturated/α-hetero) is 1. The summed E-state index contributed by atoms with van der Waals surface area (Å²) in [5, 5.41) is 11.7. The number of ketones is 1. The zero-order valence-electron chi connectivity index (χ0n) is 20.9. The normalized spacial score (nSPS) is 16.7. The Morgan fingerprint density at radius 2 is 1.65 bits per heavy atom. The molecule has 0 radical (unpaired) electrons. The van der Waals surface area contributed by atoms with E-state index in [0.717, 1.165) is 11.1 Å². The Kier molecular flexibility index (Phi) is 7.36. The van der Waals surface area contributed by atoms with E-state index in [1.165, 1.54) is 17.9 Å². The molecule has 3 aromatic rings. The molecule has 1 N–H and O–H groups in total. The predicted octanol–water partition coefficient (Wildman–Crippen LogP) is 5.91. The van der Waals surface area contributed by atoms with Gasteiger partial charge >= 0.3 is 5.97 Å². The number of anilines is 1. The van der Waals surface area contributed by atoms with Crippen molar-refractivity contribution >= 4 is 40.7 Å². The molecule has 1 amide bonds. The Morgan fingerprint density at radius 3 is 2.24 bits per heavy atom. The van der Waals surface area contributed by atoms with Gasteiger partial charge in [0.1, 0.15) is 17.3 Å². The number of rotatable bonds is 6. The van der Waals surface area contributed by atoms with Gasteiger partial charge in [-0.1, -0.05) is 29.8 Å². The second kappa shape index (κ2) is 10.5. The molecule has 0 spiro atoms. The van der Waals surface area contributed by atoms with Gasteiger partial charge in [0, 0.05) is 18.2 Å². The standard InChI is InChI=1S/C29H26ClNO6/c1-5-36-24-15-20(8-11-23(24)30)27(33)25-26(19-6-9-22(10-7-19)37-18(4)32)31(29(35)28(25)34)21-13-16(2)12-17(3)14-21/h6-15,26,33H,5H2,1-4H3/b27-25-. The van der Waals surface area contributed by atoms with E-state index >= 15 is 0 Å². The molecule has 1 aliphatic heterocycles. The summed E-state index contributed by atoms with van der Waals surface area (Å²) in [4.78, 5) is 39.6. The number of carbonyl (C=O) groups excluding carboxylic acids is 3. The van der Waals surface area contributed by atoms with Crippen molar-refractivity contribution in [3.8, 4) is 11.5 Å². The number of hydrogen-bond donors (Lipinski definition) is 1. The fraction of sp³-hybridized carbons (Fsp3) is 0.207. The van der Waals surface area contributed by atoms with E-state index in [-0.39, 0.29) is 16.9 Å². The molecule has 1 heterocycles. The minimum Gasteiger partial charge on any atom is -0.507 e. The maximum atomic E-state index is 13.4. The SMILES string of the molecule is CCOc1cc(/C(O)=C2/C(=O)C(=O)N(c3cc(C)cc(C)c3)C2c2ccc(OC(C)=O)cc2)ccc1Cl. The lowest BCUT2D eigenvalue weighted by molar-refractivity contribution is -0.132. The first-order valence-corrected chi connectivity index (χ1v) is 12.1. The lowest BCUT2D eigenvalue weighted by atomic mass is 9.94. The first-order chi connectivity index (χ1) is 17.6. The van der Waals surface area contributed by atoms with Gasteiger partial charge in [-0.2, -0.15) is 0 Å². The van der Waals surface area contributed by atoms with Crippen LogP contribution in [0.25, 0.3) is 5.76 Å². The van der Waals surface area contributed by atoms with E-state index in [9.17, 15) is 19.5 Å². The molecule has 3 aromatic carbocycles. The van der Waals surface area contributed by atoms with Crippen molar-refractivity contribution in [2.45, 2.75) is 33.7 Å². The minimum absolute atomic E-state index is 0.0748. The Hall–Kier alpha value is -4.10. The van der Waals surface area contributed by atoms with Gasteiger partial charge in [0.05, 0.1) is 23.2 Å². The van der Waals surface area contributed by atoms with Gasteiger partial charge in [-0.3, -0.25) is 19.3 Å². The average Bonchev–Trinajstić information content (AvgIpc) is 3.10. The molecule has 4 rings (SSSR count). The maximum Gasteiger partial charge on any atom is 0.308 e. The van der Waals surface area contributed by atoms with Crippen LogP contribution in [-0.4, -0.2) is 29.4 Å². The molecule has 1 atom stereocenters.